The topological polar surface area (TPSA) is 52.6 Å². The van der Waals surface area contributed by atoms with Gasteiger partial charge in [0.25, 0.3) is 0 Å². The lowest BCUT2D eigenvalue weighted by Gasteiger charge is -2.45. The molecule has 1 aromatic rings. The number of nitrogens with zero attached hydrogens (tertiary/aromatic N) is 1. The van der Waals surface area contributed by atoms with E-state index in [2.05, 4.69) is 5.32 Å². The number of carboxylic acid groups (broad SMARTS) is 1. The second-order valence-corrected chi connectivity index (χ2v) is 4.81. The lowest BCUT2D eigenvalue weighted by molar-refractivity contribution is -0.144. The molecule has 0 aliphatic carbocycles. The van der Waals surface area contributed by atoms with Gasteiger partial charge in [-0.2, -0.15) is 0 Å². The van der Waals surface area contributed by atoms with Gasteiger partial charge in [-0.1, -0.05) is 18.2 Å². The summed E-state index contributed by atoms with van der Waals surface area (Å²) in [7, 11) is 1.81. The molecule has 2 rings (SSSR count). The number of piperidine rings is 1. The molecule has 1 aliphatic heterocycles. The molecule has 98 valence electrons. The molecule has 4 nitrogen and oxygen atoms in total. The van der Waals surface area contributed by atoms with Gasteiger partial charge in [-0.25, -0.2) is 4.79 Å². The van der Waals surface area contributed by atoms with Crippen molar-refractivity contribution in [3.8, 4) is 0 Å². The zero-order chi connectivity index (χ0) is 13.0. The first-order valence-electron chi connectivity index (χ1n) is 6.41. The summed E-state index contributed by atoms with van der Waals surface area (Å²) in [6.45, 7) is 1.27. The maximum atomic E-state index is 11.8. The van der Waals surface area contributed by atoms with Crippen LogP contribution in [0, 0.1) is 0 Å². The summed E-state index contributed by atoms with van der Waals surface area (Å²) in [6, 6.07) is 9.83. The SMILES string of the molecule is CNCC1(C(=O)O)CCCCN1c1ccccc1. The number of benzene rings is 1. The minimum atomic E-state index is -0.811. The molecular weight excluding hydrogens is 228 g/mol. The number of hydrogen-bond acceptors (Lipinski definition) is 3. The van der Waals surface area contributed by atoms with E-state index >= 15 is 0 Å². The molecule has 1 saturated heterocycles. The molecule has 0 saturated carbocycles. The molecule has 0 amide bonds. The fourth-order valence-electron chi connectivity index (χ4n) is 2.79. The van der Waals surface area contributed by atoms with Crippen LogP contribution in [0.1, 0.15) is 19.3 Å². The van der Waals surface area contributed by atoms with E-state index in [1.165, 1.54) is 0 Å². The highest BCUT2D eigenvalue weighted by Crippen LogP contribution is 2.33. The predicted octanol–water partition coefficient (Wildman–Crippen LogP) is 1.72. The van der Waals surface area contributed by atoms with Gasteiger partial charge in [-0.05, 0) is 38.4 Å². The summed E-state index contributed by atoms with van der Waals surface area (Å²) in [4.78, 5) is 13.8. The molecule has 1 aromatic carbocycles. The van der Waals surface area contributed by atoms with E-state index < -0.39 is 11.5 Å². The van der Waals surface area contributed by atoms with Gasteiger partial charge in [0.2, 0.25) is 0 Å². The Hall–Kier alpha value is -1.55. The van der Waals surface area contributed by atoms with Crippen LogP contribution in [0.15, 0.2) is 30.3 Å². The predicted molar refractivity (Wildman–Crippen MR) is 71.9 cm³/mol. The number of para-hydroxylation sites is 1. The number of hydrogen-bond donors (Lipinski definition) is 2. The van der Waals surface area contributed by atoms with Crippen molar-refractivity contribution in [1.29, 1.82) is 0 Å². The molecule has 4 heteroatoms. The molecule has 0 spiro atoms. The Balaban J connectivity index is 2.37. The molecule has 1 heterocycles. The number of carboxylic acids is 1. The average molecular weight is 248 g/mol. The highest BCUT2D eigenvalue weighted by molar-refractivity contribution is 5.84. The number of aliphatic carboxylic acids is 1. The van der Waals surface area contributed by atoms with Crippen LogP contribution in [-0.2, 0) is 4.79 Å². The molecule has 0 radical (unpaired) electrons. The van der Waals surface area contributed by atoms with E-state index in [9.17, 15) is 9.90 Å². The van der Waals surface area contributed by atoms with Gasteiger partial charge in [-0.3, -0.25) is 0 Å². The largest absolute Gasteiger partial charge is 0.479 e. The molecule has 1 fully saturated rings. The van der Waals surface area contributed by atoms with Gasteiger partial charge in [0.05, 0.1) is 0 Å². The van der Waals surface area contributed by atoms with Crippen molar-refractivity contribution in [2.45, 2.75) is 24.8 Å². The van der Waals surface area contributed by atoms with E-state index in [0.717, 1.165) is 25.1 Å². The van der Waals surface area contributed by atoms with Crippen molar-refractivity contribution in [3.63, 3.8) is 0 Å². The van der Waals surface area contributed by atoms with E-state index in [0.29, 0.717) is 13.0 Å². The summed E-state index contributed by atoms with van der Waals surface area (Å²) in [5.41, 5.74) is 0.184. The van der Waals surface area contributed by atoms with Crippen LogP contribution < -0.4 is 10.2 Å². The number of anilines is 1. The zero-order valence-electron chi connectivity index (χ0n) is 10.7. The van der Waals surface area contributed by atoms with E-state index in [1.807, 2.05) is 42.3 Å². The van der Waals surface area contributed by atoms with Crippen molar-refractivity contribution in [1.82, 2.24) is 5.32 Å². The Kier molecular flexibility index (Phi) is 3.87. The summed E-state index contributed by atoms with van der Waals surface area (Å²) >= 11 is 0. The van der Waals surface area contributed by atoms with Gasteiger partial charge in [0, 0.05) is 18.8 Å². The van der Waals surface area contributed by atoms with Gasteiger partial charge < -0.3 is 15.3 Å². The fourth-order valence-corrected chi connectivity index (χ4v) is 2.79. The first kappa shape index (κ1) is 12.9. The Labute approximate surface area is 108 Å². The minimum Gasteiger partial charge on any atom is -0.479 e. The first-order valence-corrected chi connectivity index (χ1v) is 6.41. The normalized spacial score (nSPS) is 23.9. The van der Waals surface area contributed by atoms with Crippen molar-refractivity contribution in [2.75, 3.05) is 25.0 Å². The lowest BCUT2D eigenvalue weighted by Crippen LogP contribution is -2.62. The Morgan fingerprint density at radius 3 is 2.72 bits per heavy atom. The average Bonchev–Trinajstić information content (AvgIpc) is 2.40. The van der Waals surface area contributed by atoms with Crippen LogP contribution in [0.3, 0.4) is 0 Å². The van der Waals surface area contributed by atoms with Gasteiger partial charge in [-0.15, -0.1) is 0 Å². The van der Waals surface area contributed by atoms with Crippen molar-refractivity contribution in [3.05, 3.63) is 30.3 Å². The number of nitrogens with one attached hydrogen (secondary N) is 1. The van der Waals surface area contributed by atoms with Crippen LogP contribution in [0.5, 0.6) is 0 Å². The summed E-state index contributed by atoms with van der Waals surface area (Å²) in [5.74, 6) is -0.736. The van der Waals surface area contributed by atoms with Gasteiger partial charge >= 0.3 is 5.97 Å². The smallest absolute Gasteiger partial charge is 0.330 e. The van der Waals surface area contributed by atoms with Gasteiger partial charge in [0.15, 0.2) is 5.54 Å². The molecule has 0 aromatic heterocycles. The maximum absolute atomic E-state index is 11.8. The summed E-state index contributed by atoms with van der Waals surface area (Å²) < 4.78 is 0. The quantitative estimate of drug-likeness (QED) is 0.852. The second-order valence-electron chi connectivity index (χ2n) is 4.81. The Bertz CT molecular complexity index is 404. The standard InChI is InChI=1S/C14H20N2O2/c1-15-11-14(13(17)18)9-5-6-10-16(14)12-7-3-2-4-8-12/h2-4,7-8,15H,5-6,9-11H2,1H3,(H,17,18). The minimum absolute atomic E-state index is 0.469. The Morgan fingerprint density at radius 2 is 2.11 bits per heavy atom. The number of carbonyl (C=O) groups is 1. The third kappa shape index (κ3) is 2.20. The third-order valence-electron chi connectivity index (χ3n) is 3.67. The van der Waals surface area contributed by atoms with E-state index in [1.54, 1.807) is 0 Å². The molecule has 1 aliphatic rings. The van der Waals surface area contributed by atoms with Crippen LogP contribution in [0.2, 0.25) is 0 Å². The molecule has 1 unspecified atom stereocenters. The Morgan fingerprint density at radius 1 is 1.39 bits per heavy atom. The van der Waals surface area contributed by atoms with E-state index in [-0.39, 0.29) is 0 Å². The van der Waals surface area contributed by atoms with Crippen LogP contribution in [0.4, 0.5) is 5.69 Å². The first-order chi connectivity index (χ1) is 8.70. The van der Waals surface area contributed by atoms with Crippen LogP contribution in [-0.4, -0.2) is 36.8 Å². The number of likely N-dealkylation sites (N-methyl/N-ethyl adjacent to an activating group) is 1. The van der Waals surface area contributed by atoms with Crippen molar-refractivity contribution in [2.24, 2.45) is 0 Å². The zero-order valence-corrected chi connectivity index (χ0v) is 10.7. The third-order valence-corrected chi connectivity index (χ3v) is 3.67. The molecule has 0 bridgehead atoms. The molecule has 2 N–H and O–H groups in total. The highest BCUT2D eigenvalue weighted by Gasteiger charge is 2.45. The van der Waals surface area contributed by atoms with Crippen molar-refractivity contribution >= 4 is 11.7 Å². The van der Waals surface area contributed by atoms with Gasteiger partial charge in [0.1, 0.15) is 0 Å². The summed E-state index contributed by atoms with van der Waals surface area (Å²) in [5, 5.41) is 12.7. The molecule has 18 heavy (non-hydrogen) atoms. The monoisotopic (exact) mass is 248 g/mol. The highest BCUT2D eigenvalue weighted by atomic mass is 16.4. The fraction of sp³-hybridized carbons (Fsp3) is 0.500. The van der Waals surface area contributed by atoms with Crippen LogP contribution in [0.25, 0.3) is 0 Å². The second kappa shape index (κ2) is 5.40. The number of rotatable bonds is 4. The lowest BCUT2D eigenvalue weighted by atomic mass is 9.85. The molecular formula is C14H20N2O2. The van der Waals surface area contributed by atoms with Crippen LogP contribution >= 0.6 is 0 Å². The molecule has 1 atom stereocenters. The maximum Gasteiger partial charge on any atom is 0.330 e. The van der Waals surface area contributed by atoms with E-state index in [4.69, 9.17) is 0 Å². The summed E-state index contributed by atoms with van der Waals surface area (Å²) in [6.07, 6.45) is 2.71. The van der Waals surface area contributed by atoms with Crippen molar-refractivity contribution < 1.29 is 9.90 Å².